The van der Waals surface area contributed by atoms with E-state index in [0.717, 1.165) is 146 Å². The number of anilines is 4. The molecule has 6 amide bonds. The molecule has 3 N–H and O–H groups in total. The lowest BCUT2D eigenvalue weighted by Gasteiger charge is -2.48. The Hall–Kier alpha value is -6.44. The Labute approximate surface area is 413 Å². The van der Waals surface area contributed by atoms with E-state index in [4.69, 9.17) is 4.74 Å². The molecule has 0 bridgehead atoms. The summed E-state index contributed by atoms with van der Waals surface area (Å²) in [6.45, 7) is 8.27. The molecule has 5 aliphatic heterocycles. The van der Waals surface area contributed by atoms with Crippen LogP contribution in [0.15, 0.2) is 36.8 Å². The van der Waals surface area contributed by atoms with Crippen molar-refractivity contribution in [3.05, 3.63) is 53.5 Å². The number of likely N-dealkylation sites (tertiary alicyclic amines) is 1. The number of hydrogen-bond acceptors (Lipinski definition) is 15. The van der Waals surface area contributed by atoms with Crippen molar-refractivity contribution in [2.75, 3.05) is 74.5 Å². The van der Waals surface area contributed by atoms with E-state index in [-0.39, 0.29) is 60.1 Å². The average Bonchev–Trinajstić information content (AvgIpc) is 3.91. The van der Waals surface area contributed by atoms with Crippen LogP contribution in [0.5, 0.6) is 0 Å². The van der Waals surface area contributed by atoms with Gasteiger partial charge in [-0.1, -0.05) is 0 Å². The number of esters is 1. The maximum atomic E-state index is 13.9. The molecule has 3 aromatic rings. The number of nitrogens with zero attached hydrogens (tertiary/aromatic N) is 9. The van der Waals surface area contributed by atoms with E-state index in [1.165, 1.54) is 6.20 Å². The fourth-order valence-electron chi connectivity index (χ4n) is 12.3. The normalized spacial score (nSPS) is 26.0. The van der Waals surface area contributed by atoms with Crippen LogP contribution in [0, 0.1) is 17.3 Å². The van der Waals surface area contributed by atoms with Crippen molar-refractivity contribution in [3.63, 3.8) is 0 Å². The molecule has 71 heavy (non-hydrogen) atoms. The fourth-order valence-corrected chi connectivity index (χ4v) is 12.3. The van der Waals surface area contributed by atoms with E-state index in [9.17, 15) is 33.6 Å². The Kier molecular flexibility index (Phi) is 13.8. The first-order valence-corrected chi connectivity index (χ1v) is 25.8. The molecule has 1 atom stereocenters. The second-order valence-corrected chi connectivity index (χ2v) is 20.8. The van der Waals surface area contributed by atoms with Gasteiger partial charge in [0.2, 0.25) is 29.6 Å². The van der Waals surface area contributed by atoms with Gasteiger partial charge in [0, 0.05) is 108 Å². The van der Waals surface area contributed by atoms with Gasteiger partial charge in [-0.25, -0.2) is 9.78 Å². The predicted octanol–water partition coefficient (Wildman–Crippen LogP) is 4.11. The van der Waals surface area contributed by atoms with E-state index < -0.39 is 35.6 Å². The van der Waals surface area contributed by atoms with E-state index in [2.05, 4.69) is 50.6 Å². The third-order valence-electron chi connectivity index (χ3n) is 16.6. The zero-order valence-corrected chi connectivity index (χ0v) is 40.9. The molecule has 10 rings (SSSR count). The number of piperidine rings is 3. The van der Waals surface area contributed by atoms with Gasteiger partial charge in [0.05, 0.1) is 29.6 Å². The molecular formula is C51H66N12O8. The van der Waals surface area contributed by atoms with Gasteiger partial charge >= 0.3 is 5.97 Å². The zero-order valence-electron chi connectivity index (χ0n) is 40.9. The highest BCUT2D eigenvalue weighted by atomic mass is 16.5. The summed E-state index contributed by atoms with van der Waals surface area (Å²) in [4.78, 5) is 110. The number of amides is 6. The Morgan fingerprint density at radius 1 is 0.775 bits per heavy atom. The highest BCUT2D eigenvalue weighted by Crippen LogP contribution is 2.44. The molecule has 1 spiro atoms. The first-order valence-electron chi connectivity index (χ1n) is 25.8. The van der Waals surface area contributed by atoms with Gasteiger partial charge in [0.25, 0.3) is 11.8 Å². The Morgan fingerprint density at radius 2 is 1.42 bits per heavy atom. The maximum Gasteiger partial charge on any atom is 0.343 e. The number of nitrogens with one attached hydrogen (secondary N) is 3. The number of rotatable bonds is 11. The Bertz CT molecular complexity index is 2540. The maximum absolute atomic E-state index is 13.9. The predicted molar refractivity (Wildman–Crippen MR) is 261 cm³/mol. The van der Waals surface area contributed by atoms with Crippen LogP contribution in [0.1, 0.15) is 128 Å². The summed E-state index contributed by atoms with van der Waals surface area (Å²) in [6, 6.07) is 4.91. The quantitative estimate of drug-likeness (QED) is 0.182. The fraction of sp³-hybridized carbons (Fsp3) is 0.608. The van der Waals surface area contributed by atoms with Crippen LogP contribution in [0.3, 0.4) is 0 Å². The number of aromatic nitrogens is 4. The molecule has 6 fully saturated rings. The molecule has 0 radical (unpaired) electrons. The van der Waals surface area contributed by atoms with Crippen LogP contribution in [-0.2, 0) is 31.0 Å². The highest BCUT2D eigenvalue weighted by molar-refractivity contribution is 6.23. The molecule has 2 aliphatic carbocycles. The number of piperazine rings is 1. The second kappa shape index (κ2) is 20.4. The number of carbonyl (C=O) groups excluding carboxylic acids is 7. The van der Waals surface area contributed by atoms with Crippen molar-refractivity contribution >= 4 is 64.6 Å². The number of carbonyl (C=O) groups is 7. The zero-order chi connectivity index (χ0) is 49.4. The molecule has 7 aliphatic rings. The van der Waals surface area contributed by atoms with Gasteiger partial charge in [-0.3, -0.25) is 48.6 Å². The van der Waals surface area contributed by atoms with E-state index in [1.54, 1.807) is 29.9 Å². The van der Waals surface area contributed by atoms with Crippen LogP contribution in [0.25, 0.3) is 0 Å². The molecule has 1 unspecified atom stereocenters. The average molecular weight is 975 g/mol. The minimum absolute atomic E-state index is 0.0307. The third kappa shape index (κ3) is 10.1. The van der Waals surface area contributed by atoms with Gasteiger partial charge in [-0.15, -0.1) is 0 Å². The van der Waals surface area contributed by atoms with Gasteiger partial charge in [0.15, 0.2) is 0 Å². The Balaban J connectivity index is 0.636. The largest absolute Gasteiger partial charge is 0.462 e. The smallest absolute Gasteiger partial charge is 0.343 e. The van der Waals surface area contributed by atoms with Gasteiger partial charge in [-0.05, 0) is 114 Å². The number of hydrogen-bond donors (Lipinski definition) is 3. The number of ether oxygens (including phenoxy) is 1. The number of benzene rings is 1. The molecule has 2 aromatic heterocycles. The summed E-state index contributed by atoms with van der Waals surface area (Å²) in [5.41, 5.74) is 2.65. The summed E-state index contributed by atoms with van der Waals surface area (Å²) < 4.78 is 6.99. The van der Waals surface area contributed by atoms with Crippen molar-refractivity contribution in [1.82, 2.24) is 44.7 Å². The van der Waals surface area contributed by atoms with Gasteiger partial charge in [0.1, 0.15) is 17.4 Å². The molecule has 1 aromatic carbocycles. The van der Waals surface area contributed by atoms with Crippen LogP contribution < -0.4 is 20.9 Å². The molecule has 7 heterocycles. The summed E-state index contributed by atoms with van der Waals surface area (Å²) in [5, 5.41) is 13.1. The minimum Gasteiger partial charge on any atom is -0.462 e. The molecule has 20 nitrogen and oxygen atoms in total. The second-order valence-electron chi connectivity index (χ2n) is 20.8. The lowest BCUT2D eigenvalue weighted by Crippen LogP contribution is -2.54. The highest BCUT2D eigenvalue weighted by Gasteiger charge is 2.46. The van der Waals surface area contributed by atoms with Crippen LogP contribution in [-0.4, -0.2) is 158 Å². The van der Waals surface area contributed by atoms with E-state index in [0.29, 0.717) is 28.9 Å². The third-order valence-corrected chi connectivity index (χ3v) is 16.6. The van der Waals surface area contributed by atoms with Crippen LogP contribution in [0.2, 0.25) is 0 Å². The monoisotopic (exact) mass is 975 g/mol. The topological polar surface area (TPSA) is 225 Å². The number of fused-ring (bicyclic) bond motifs is 1. The van der Waals surface area contributed by atoms with Crippen molar-refractivity contribution in [2.24, 2.45) is 24.3 Å². The molecule has 4 saturated heterocycles. The lowest BCUT2D eigenvalue weighted by atomic mass is 9.71. The van der Waals surface area contributed by atoms with Gasteiger partial charge in [-0.2, -0.15) is 10.1 Å². The summed E-state index contributed by atoms with van der Waals surface area (Å²) in [5.74, 6) is -1.25. The van der Waals surface area contributed by atoms with Crippen molar-refractivity contribution < 1.29 is 38.3 Å². The van der Waals surface area contributed by atoms with Crippen molar-refractivity contribution in [1.29, 1.82) is 0 Å². The molecule has 20 heteroatoms. The summed E-state index contributed by atoms with van der Waals surface area (Å²) in [7, 11) is 1.83. The minimum atomic E-state index is -0.990. The molecule has 378 valence electrons. The number of aryl methyl sites for hydroxylation is 1. The standard InChI is InChI=1S/C51H66N12O8/c1-3-71-49(70)40-30-52-50(55-35-29-53-58(2)31-35)57-43(40)54-34-8-10-36(11-9-34)60-24-26-62(27-25-60)46(67)33-6-4-32(5-7-33)45(66)61-22-18-51(19-23-61)16-20-59(21-17-51)37-12-13-38-39(28-37)48(69)63(47(38)68)41-14-15-42(64)56-44(41)65/h12-13,28-34,36,41H,3-11,14-27H2,1-2H3,(H,56,64,65)(H2,52,54,55,57). The van der Waals surface area contributed by atoms with Crippen LogP contribution in [0.4, 0.5) is 23.1 Å². The van der Waals surface area contributed by atoms with Crippen molar-refractivity contribution in [3.8, 4) is 0 Å². The summed E-state index contributed by atoms with van der Waals surface area (Å²) in [6.07, 6.45) is 15.9. The van der Waals surface area contributed by atoms with Gasteiger partial charge < -0.3 is 30.1 Å². The first kappa shape index (κ1) is 48.2. The summed E-state index contributed by atoms with van der Waals surface area (Å²) >= 11 is 0. The Morgan fingerprint density at radius 3 is 2.06 bits per heavy atom. The SMILES string of the molecule is CCOC(=O)c1cnc(Nc2cnn(C)c2)nc1NC1CCC(N2CCN(C(=O)C3CCC(C(=O)N4CCC5(CC4)CCN(c4ccc6c(c4)C(=O)N(C4CCC(=O)NC4=O)C6=O)CC5)CC3)CC2)CC1. The van der Waals surface area contributed by atoms with E-state index >= 15 is 0 Å². The first-order chi connectivity index (χ1) is 34.3. The molecular weight excluding hydrogens is 909 g/mol. The van der Waals surface area contributed by atoms with Crippen molar-refractivity contribution in [2.45, 2.75) is 115 Å². The molecule has 2 saturated carbocycles. The lowest BCUT2D eigenvalue weighted by molar-refractivity contribution is -0.144. The van der Waals surface area contributed by atoms with E-state index in [1.807, 2.05) is 19.3 Å². The van der Waals surface area contributed by atoms with Crippen LogP contribution >= 0.6 is 0 Å². The number of imide groups is 2.